The van der Waals surface area contributed by atoms with Crippen molar-refractivity contribution in [3.8, 4) is 0 Å². The van der Waals surface area contributed by atoms with Crippen molar-refractivity contribution in [2.24, 2.45) is 27.2 Å². The first-order valence-corrected chi connectivity index (χ1v) is 10.6. The number of hydrogen-bond acceptors (Lipinski definition) is 10. The van der Waals surface area contributed by atoms with E-state index in [2.05, 4.69) is 40.8 Å². The molecular formula is C17H32ClN13O. The van der Waals surface area contributed by atoms with Crippen LogP contribution in [0, 0.1) is 0 Å². The van der Waals surface area contributed by atoms with Gasteiger partial charge in [0.1, 0.15) is 0 Å². The Bertz CT molecular complexity index is 819. The van der Waals surface area contributed by atoms with Crippen LogP contribution >= 0.6 is 11.6 Å². The minimum Gasteiger partial charge on any atom is -0.382 e. The number of nitrogens with two attached hydrogens (primary N) is 5. The molecule has 0 spiro atoms. The molecule has 2 rings (SSSR count). The summed E-state index contributed by atoms with van der Waals surface area (Å²) in [5, 5.41) is 9.19. The van der Waals surface area contributed by atoms with Gasteiger partial charge in [-0.05, 0) is 25.7 Å². The van der Waals surface area contributed by atoms with Crippen LogP contribution in [0.25, 0.3) is 0 Å². The number of amides is 1. The number of nitrogen functional groups attached to an aromatic ring is 2. The summed E-state index contributed by atoms with van der Waals surface area (Å²) in [4.78, 5) is 30.1. The minimum absolute atomic E-state index is 0.0329. The van der Waals surface area contributed by atoms with Crippen molar-refractivity contribution in [3.63, 3.8) is 0 Å². The maximum atomic E-state index is 12.2. The molecule has 0 aliphatic carbocycles. The number of nitrogens with zero attached hydrogens (tertiary/aromatic N) is 5. The zero-order valence-corrected chi connectivity index (χ0v) is 18.6. The highest BCUT2D eigenvalue weighted by Gasteiger charge is 2.17. The molecule has 1 aromatic heterocycles. The van der Waals surface area contributed by atoms with Crippen molar-refractivity contribution in [2.75, 3.05) is 44.4 Å². The predicted octanol–water partition coefficient (Wildman–Crippen LogP) is -2.09. The molecule has 1 amide bonds. The Morgan fingerprint density at radius 3 is 2.44 bits per heavy atom. The lowest BCUT2D eigenvalue weighted by molar-refractivity contribution is 0.0972. The Kier molecular flexibility index (Phi) is 10.1. The number of aliphatic imine (C=N–C) groups is 2. The second kappa shape index (κ2) is 12.8. The maximum Gasteiger partial charge on any atom is 0.280 e. The molecule has 1 aromatic rings. The first-order chi connectivity index (χ1) is 15.3. The number of hydrogen-bond donors (Lipinski definition) is 8. The maximum absolute atomic E-state index is 12.2. The fourth-order valence-electron chi connectivity index (χ4n) is 2.95. The van der Waals surface area contributed by atoms with E-state index < -0.39 is 5.91 Å². The molecule has 0 aromatic carbocycles. The summed E-state index contributed by atoms with van der Waals surface area (Å²) in [6.45, 7) is 3.61. The second-order valence-corrected chi connectivity index (χ2v) is 7.54. The zero-order chi connectivity index (χ0) is 23.5. The number of carbonyl (C=O) groups is 1. The largest absolute Gasteiger partial charge is 0.382 e. The van der Waals surface area contributed by atoms with E-state index in [1.807, 2.05) is 0 Å². The highest BCUT2D eigenvalue weighted by atomic mass is 35.5. The zero-order valence-electron chi connectivity index (χ0n) is 17.9. The van der Waals surface area contributed by atoms with Crippen LogP contribution < -0.4 is 44.6 Å². The van der Waals surface area contributed by atoms with E-state index in [1.54, 1.807) is 0 Å². The van der Waals surface area contributed by atoms with Crippen molar-refractivity contribution in [2.45, 2.75) is 31.8 Å². The van der Waals surface area contributed by atoms with Crippen LogP contribution in [0.2, 0.25) is 5.15 Å². The van der Waals surface area contributed by atoms with Crippen LogP contribution in [0.1, 0.15) is 36.2 Å². The fourth-order valence-corrected chi connectivity index (χ4v) is 3.08. The summed E-state index contributed by atoms with van der Waals surface area (Å²) >= 11 is 5.77. The third-order valence-corrected chi connectivity index (χ3v) is 4.87. The molecule has 0 unspecified atom stereocenters. The van der Waals surface area contributed by atoms with Crippen molar-refractivity contribution >= 4 is 41.1 Å². The molecule has 1 aliphatic rings. The van der Waals surface area contributed by atoms with E-state index in [1.165, 1.54) is 0 Å². The van der Waals surface area contributed by atoms with Crippen molar-refractivity contribution in [3.05, 3.63) is 10.8 Å². The minimum atomic E-state index is -0.656. The van der Waals surface area contributed by atoms with Gasteiger partial charge >= 0.3 is 0 Å². The lowest BCUT2D eigenvalue weighted by Crippen LogP contribution is -2.57. The van der Waals surface area contributed by atoms with E-state index in [0.29, 0.717) is 13.1 Å². The molecule has 0 bridgehead atoms. The van der Waals surface area contributed by atoms with Gasteiger partial charge < -0.3 is 28.7 Å². The van der Waals surface area contributed by atoms with Gasteiger partial charge in [-0.2, -0.15) is 0 Å². The highest BCUT2D eigenvalue weighted by molar-refractivity contribution is 6.31. The van der Waals surface area contributed by atoms with E-state index >= 15 is 0 Å². The molecule has 14 nitrogen and oxygen atoms in total. The van der Waals surface area contributed by atoms with Crippen LogP contribution in [0.4, 0.5) is 11.6 Å². The van der Waals surface area contributed by atoms with Crippen molar-refractivity contribution < 1.29 is 4.79 Å². The topological polar surface area (TPSA) is 237 Å². The Balaban J connectivity index is 1.61. The Morgan fingerprint density at radius 1 is 1.06 bits per heavy atom. The average Bonchev–Trinajstić information content (AvgIpc) is 2.74. The summed E-state index contributed by atoms with van der Waals surface area (Å²) in [6, 6.07) is 0. The smallest absolute Gasteiger partial charge is 0.280 e. The number of halogens is 1. The van der Waals surface area contributed by atoms with Gasteiger partial charge in [0.2, 0.25) is 0 Å². The van der Waals surface area contributed by atoms with Gasteiger partial charge in [-0.15, -0.1) is 0 Å². The molecule has 0 radical (unpaired) electrons. The SMILES string of the molecule is NC(N)=NCCCN1CNC(CCCCN=C(N)NC(=O)c2nc(Cl)c(N)nc2N)NC1. The van der Waals surface area contributed by atoms with Gasteiger partial charge in [-0.3, -0.25) is 35.6 Å². The van der Waals surface area contributed by atoms with Gasteiger partial charge in [0.15, 0.2) is 34.4 Å². The predicted molar refractivity (Wildman–Crippen MR) is 125 cm³/mol. The van der Waals surface area contributed by atoms with Gasteiger partial charge in [0.25, 0.3) is 5.91 Å². The number of aromatic nitrogens is 2. The average molecular weight is 470 g/mol. The number of unbranched alkanes of at least 4 members (excludes halogenated alkanes) is 1. The number of rotatable bonds is 10. The molecule has 178 valence electrons. The quantitative estimate of drug-likeness (QED) is 0.105. The van der Waals surface area contributed by atoms with Gasteiger partial charge in [-0.1, -0.05) is 11.6 Å². The first kappa shape index (κ1) is 25.3. The van der Waals surface area contributed by atoms with Crippen molar-refractivity contribution in [1.82, 2.24) is 30.8 Å². The first-order valence-electron chi connectivity index (χ1n) is 10.2. The van der Waals surface area contributed by atoms with Crippen molar-refractivity contribution in [1.29, 1.82) is 0 Å². The number of carbonyl (C=O) groups excluding carboxylic acids is 1. The van der Waals surface area contributed by atoms with Crippen LogP contribution in [0.5, 0.6) is 0 Å². The van der Waals surface area contributed by atoms with E-state index in [4.69, 9.17) is 40.3 Å². The standard InChI is InChI=1S/C17H32ClN13O/c18-12-14(20)29-13(19)11(28-12)15(32)30-17(23)25-5-2-1-4-10-26-8-31(9-27-10)7-3-6-24-16(21)22/h10,26-27H,1-9H2,(H4,19,20,29)(H4,21,22,24)(H3,23,25,30,32). The third-order valence-electron chi connectivity index (χ3n) is 4.59. The van der Waals surface area contributed by atoms with E-state index in [9.17, 15) is 4.79 Å². The molecule has 13 N–H and O–H groups in total. The second-order valence-electron chi connectivity index (χ2n) is 7.18. The van der Waals surface area contributed by atoms with Crippen LogP contribution in [-0.2, 0) is 0 Å². The molecule has 0 atom stereocenters. The third kappa shape index (κ3) is 8.66. The normalized spacial score (nSPS) is 15.5. The molecule has 2 heterocycles. The molecule has 32 heavy (non-hydrogen) atoms. The summed E-state index contributed by atoms with van der Waals surface area (Å²) in [6.07, 6.45) is 3.83. The lowest BCUT2D eigenvalue weighted by Gasteiger charge is -2.34. The van der Waals surface area contributed by atoms with Crippen LogP contribution in [0.15, 0.2) is 9.98 Å². The van der Waals surface area contributed by atoms with E-state index in [0.717, 1.165) is 45.6 Å². The van der Waals surface area contributed by atoms with Crippen LogP contribution in [0.3, 0.4) is 0 Å². The number of anilines is 2. The summed E-state index contributed by atoms with van der Waals surface area (Å²) < 4.78 is 0. The highest BCUT2D eigenvalue weighted by Crippen LogP contribution is 2.17. The van der Waals surface area contributed by atoms with Gasteiger partial charge in [0.05, 0.1) is 19.5 Å². The molecule has 15 heteroatoms. The Labute approximate surface area is 191 Å². The molecule has 1 saturated heterocycles. The molecular weight excluding hydrogens is 438 g/mol. The molecule has 1 aliphatic heterocycles. The van der Waals surface area contributed by atoms with E-state index in [-0.39, 0.29) is 40.6 Å². The van der Waals surface area contributed by atoms with Gasteiger partial charge in [-0.25, -0.2) is 9.97 Å². The van der Waals surface area contributed by atoms with Gasteiger partial charge in [0, 0.05) is 19.6 Å². The Morgan fingerprint density at radius 2 is 1.75 bits per heavy atom. The lowest BCUT2D eigenvalue weighted by atomic mass is 10.2. The Hall–Kier alpha value is -2.94. The fraction of sp³-hybridized carbons (Fsp3) is 0.588. The summed E-state index contributed by atoms with van der Waals surface area (Å²) in [7, 11) is 0. The summed E-state index contributed by atoms with van der Waals surface area (Å²) in [5.74, 6) is -0.762. The number of nitrogens with one attached hydrogen (secondary N) is 3. The monoisotopic (exact) mass is 469 g/mol. The summed E-state index contributed by atoms with van der Waals surface area (Å²) in [5.41, 5.74) is 27.4. The van der Waals surface area contributed by atoms with Crippen LogP contribution in [-0.4, -0.2) is 71.8 Å². The molecule has 1 fully saturated rings. The number of guanidine groups is 2. The molecule has 0 saturated carbocycles.